The lowest BCUT2D eigenvalue weighted by Gasteiger charge is -2.09. The number of carbonyl (C=O) groups is 1. The second-order valence-electron chi connectivity index (χ2n) is 4.66. The predicted molar refractivity (Wildman–Crippen MR) is 89.7 cm³/mol. The lowest BCUT2D eigenvalue weighted by atomic mass is 10.2. The van der Waals surface area contributed by atoms with Gasteiger partial charge in [0.2, 0.25) is 0 Å². The molecule has 1 aromatic carbocycles. The van der Waals surface area contributed by atoms with Gasteiger partial charge in [0.15, 0.2) is 0 Å². The summed E-state index contributed by atoms with van der Waals surface area (Å²) in [5.41, 5.74) is 1.26. The first-order chi connectivity index (χ1) is 11.1. The van der Waals surface area contributed by atoms with Crippen LogP contribution in [-0.2, 0) is 4.74 Å². The van der Waals surface area contributed by atoms with Crippen molar-refractivity contribution in [3.05, 3.63) is 47.1 Å². The number of hydrogen-bond acceptors (Lipinski definition) is 5. The molecule has 0 saturated carbocycles. The van der Waals surface area contributed by atoms with Crippen LogP contribution in [0.2, 0.25) is 5.02 Å². The highest BCUT2D eigenvalue weighted by molar-refractivity contribution is 6.32. The van der Waals surface area contributed by atoms with E-state index in [9.17, 15) is 4.79 Å². The van der Waals surface area contributed by atoms with Gasteiger partial charge >= 0.3 is 0 Å². The summed E-state index contributed by atoms with van der Waals surface area (Å²) in [5.74, 6) is 1.03. The molecule has 2 rings (SSSR count). The Morgan fingerprint density at radius 2 is 2.09 bits per heavy atom. The largest absolute Gasteiger partial charge is 0.495 e. The highest BCUT2D eigenvalue weighted by Crippen LogP contribution is 2.28. The maximum absolute atomic E-state index is 11.8. The molecule has 0 fully saturated rings. The van der Waals surface area contributed by atoms with Gasteiger partial charge in [-0.15, -0.1) is 0 Å². The number of benzene rings is 1. The molecule has 0 saturated heterocycles. The number of carbonyl (C=O) groups excluding carboxylic acids is 1. The number of halogens is 1. The first-order valence-corrected chi connectivity index (χ1v) is 7.35. The number of methoxy groups -OCH3 is 2. The second-order valence-corrected chi connectivity index (χ2v) is 5.06. The molecular weight excluding hydrogens is 318 g/mol. The maximum atomic E-state index is 11.8. The Morgan fingerprint density at radius 3 is 2.70 bits per heavy atom. The third kappa shape index (κ3) is 4.84. The van der Waals surface area contributed by atoms with E-state index in [2.05, 4.69) is 15.6 Å². The van der Waals surface area contributed by atoms with Crippen LogP contribution in [0, 0.1) is 0 Å². The fraction of sp³-hybridized carbons (Fsp3) is 0.250. The van der Waals surface area contributed by atoms with Crippen LogP contribution in [0.5, 0.6) is 5.75 Å². The van der Waals surface area contributed by atoms with Gasteiger partial charge in [0.05, 0.1) is 24.3 Å². The van der Waals surface area contributed by atoms with Gasteiger partial charge < -0.3 is 20.1 Å². The predicted octanol–water partition coefficient (Wildman–Crippen LogP) is 2.86. The lowest BCUT2D eigenvalue weighted by molar-refractivity contribution is 0.0937. The number of hydrogen-bond donors (Lipinski definition) is 2. The van der Waals surface area contributed by atoms with E-state index in [1.165, 1.54) is 6.20 Å². The first kappa shape index (κ1) is 17.1. The van der Waals surface area contributed by atoms with Gasteiger partial charge in [-0.25, -0.2) is 4.98 Å². The topological polar surface area (TPSA) is 72.5 Å². The van der Waals surface area contributed by atoms with E-state index < -0.39 is 0 Å². The van der Waals surface area contributed by atoms with E-state index in [1.54, 1.807) is 38.5 Å². The highest BCUT2D eigenvalue weighted by atomic mass is 35.5. The molecule has 23 heavy (non-hydrogen) atoms. The van der Waals surface area contributed by atoms with E-state index in [0.29, 0.717) is 35.3 Å². The molecule has 0 atom stereocenters. The number of pyridine rings is 1. The Balaban J connectivity index is 1.99. The standard InChI is InChI=1S/C16H18ClN3O3/c1-22-8-7-18-16(21)11-3-6-15(19-10-11)20-12-4-5-14(23-2)13(17)9-12/h3-6,9-10H,7-8H2,1-2H3,(H,18,21)(H,19,20). The van der Waals surface area contributed by atoms with Gasteiger partial charge in [-0.2, -0.15) is 0 Å². The molecule has 0 spiro atoms. The smallest absolute Gasteiger partial charge is 0.252 e. The number of anilines is 2. The van der Waals surface area contributed by atoms with Crippen LogP contribution >= 0.6 is 11.6 Å². The molecule has 0 aliphatic rings. The molecule has 0 aliphatic carbocycles. The van der Waals surface area contributed by atoms with E-state index in [1.807, 2.05) is 6.07 Å². The number of ether oxygens (including phenoxy) is 2. The first-order valence-electron chi connectivity index (χ1n) is 6.98. The zero-order valence-electron chi connectivity index (χ0n) is 12.9. The van der Waals surface area contributed by atoms with Crippen molar-refractivity contribution in [1.82, 2.24) is 10.3 Å². The summed E-state index contributed by atoms with van der Waals surface area (Å²) in [4.78, 5) is 16.1. The molecule has 0 aliphatic heterocycles. The van der Waals surface area contributed by atoms with Crippen LogP contribution in [0.15, 0.2) is 36.5 Å². The Hall–Kier alpha value is -2.31. The van der Waals surface area contributed by atoms with Crippen LogP contribution in [0.3, 0.4) is 0 Å². The average Bonchev–Trinajstić information content (AvgIpc) is 2.56. The van der Waals surface area contributed by atoms with E-state index >= 15 is 0 Å². The lowest BCUT2D eigenvalue weighted by Crippen LogP contribution is -2.26. The molecule has 0 radical (unpaired) electrons. The van der Waals surface area contributed by atoms with Gasteiger partial charge in [0.1, 0.15) is 11.6 Å². The Kier molecular flexibility index (Phi) is 6.19. The van der Waals surface area contributed by atoms with Gasteiger partial charge in [0.25, 0.3) is 5.91 Å². The number of amides is 1. The molecule has 0 bridgehead atoms. The molecule has 1 aromatic heterocycles. The van der Waals surface area contributed by atoms with Crippen molar-refractivity contribution in [3.63, 3.8) is 0 Å². The van der Waals surface area contributed by atoms with Crippen molar-refractivity contribution in [2.24, 2.45) is 0 Å². The van der Waals surface area contributed by atoms with Gasteiger partial charge in [0, 0.05) is 25.5 Å². The maximum Gasteiger partial charge on any atom is 0.252 e. The molecular formula is C16H18ClN3O3. The van der Waals surface area contributed by atoms with Crippen LogP contribution in [0.1, 0.15) is 10.4 Å². The third-order valence-corrected chi connectivity index (χ3v) is 3.34. The van der Waals surface area contributed by atoms with Gasteiger partial charge in [-0.1, -0.05) is 11.6 Å². The number of nitrogens with one attached hydrogen (secondary N) is 2. The fourth-order valence-electron chi connectivity index (χ4n) is 1.86. The van der Waals surface area contributed by atoms with Crippen LogP contribution in [0.4, 0.5) is 11.5 Å². The van der Waals surface area contributed by atoms with E-state index in [0.717, 1.165) is 5.69 Å². The molecule has 6 nitrogen and oxygen atoms in total. The Bertz CT molecular complexity index is 662. The fourth-order valence-corrected chi connectivity index (χ4v) is 2.12. The minimum Gasteiger partial charge on any atom is -0.495 e. The molecule has 1 heterocycles. The van der Waals surface area contributed by atoms with E-state index in [4.69, 9.17) is 21.1 Å². The molecule has 0 unspecified atom stereocenters. The molecule has 7 heteroatoms. The molecule has 2 aromatic rings. The summed E-state index contributed by atoms with van der Waals surface area (Å²) in [6.07, 6.45) is 1.51. The average molecular weight is 336 g/mol. The summed E-state index contributed by atoms with van der Waals surface area (Å²) in [6.45, 7) is 0.927. The quantitative estimate of drug-likeness (QED) is 0.761. The van der Waals surface area contributed by atoms with E-state index in [-0.39, 0.29) is 5.91 Å². The summed E-state index contributed by atoms with van der Waals surface area (Å²) >= 11 is 6.07. The Labute approximate surface area is 139 Å². The number of aromatic nitrogens is 1. The number of nitrogens with zero attached hydrogens (tertiary/aromatic N) is 1. The van der Waals surface area contributed by atoms with Crippen molar-refractivity contribution >= 4 is 29.0 Å². The third-order valence-electron chi connectivity index (χ3n) is 3.04. The Morgan fingerprint density at radius 1 is 1.26 bits per heavy atom. The van der Waals surface area contributed by atoms with Crippen molar-refractivity contribution in [2.75, 3.05) is 32.7 Å². The van der Waals surface area contributed by atoms with Gasteiger partial charge in [-0.3, -0.25) is 4.79 Å². The van der Waals surface area contributed by atoms with Crippen LogP contribution < -0.4 is 15.4 Å². The minimum atomic E-state index is -0.186. The summed E-state index contributed by atoms with van der Waals surface area (Å²) in [7, 11) is 3.14. The monoisotopic (exact) mass is 335 g/mol. The van der Waals surface area contributed by atoms with Crippen molar-refractivity contribution in [3.8, 4) is 5.75 Å². The summed E-state index contributed by atoms with van der Waals surface area (Å²) in [6, 6.07) is 8.76. The van der Waals surface area contributed by atoms with Crippen LogP contribution in [-0.4, -0.2) is 38.3 Å². The zero-order valence-corrected chi connectivity index (χ0v) is 13.7. The van der Waals surface area contributed by atoms with Crippen LogP contribution in [0.25, 0.3) is 0 Å². The highest BCUT2D eigenvalue weighted by Gasteiger charge is 2.06. The van der Waals surface area contributed by atoms with Crippen molar-refractivity contribution in [2.45, 2.75) is 0 Å². The zero-order chi connectivity index (χ0) is 16.7. The molecule has 2 N–H and O–H groups in total. The molecule has 1 amide bonds. The second kappa shape index (κ2) is 8.36. The van der Waals surface area contributed by atoms with Crippen molar-refractivity contribution in [1.29, 1.82) is 0 Å². The summed E-state index contributed by atoms with van der Waals surface area (Å²) < 4.78 is 9.98. The normalized spacial score (nSPS) is 10.2. The SMILES string of the molecule is COCCNC(=O)c1ccc(Nc2ccc(OC)c(Cl)c2)nc1. The number of rotatable bonds is 7. The van der Waals surface area contributed by atoms with Crippen molar-refractivity contribution < 1.29 is 14.3 Å². The van der Waals surface area contributed by atoms with Gasteiger partial charge in [-0.05, 0) is 30.3 Å². The molecule has 122 valence electrons. The summed E-state index contributed by atoms with van der Waals surface area (Å²) in [5, 5.41) is 6.35. The minimum absolute atomic E-state index is 0.186.